The van der Waals surface area contributed by atoms with Gasteiger partial charge in [-0.3, -0.25) is 0 Å². The second kappa shape index (κ2) is 11.7. The Labute approximate surface area is 170 Å². The molecule has 2 rings (SSSR count). The van der Waals surface area contributed by atoms with Crippen LogP contribution in [0.3, 0.4) is 0 Å². The second-order valence-electron chi connectivity index (χ2n) is 5.53. The quantitative estimate of drug-likeness (QED) is 0.359. The van der Waals surface area contributed by atoms with Gasteiger partial charge in [-0.1, -0.05) is 12.1 Å². The molecule has 0 atom stereocenters. The SMILES string of the molecule is CCNC(=NCc1cc(CC)no1)N(C)CCOc1ccc(F)cc1.I. The van der Waals surface area contributed by atoms with Crippen molar-refractivity contribution in [3.63, 3.8) is 0 Å². The minimum Gasteiger partial charge on any atom is -0.492 e. The highest BCUT2D eigenvalue weighted by Crippen LogP contribution is 2.11. The molecule has 0 aliphatic heterocycles. The molecule has 0 bridgehead atoms. The molecule has 0 unspecified atom stereocenters. The van der Waals surface area contributed by atoms with Crippen molar-refractivity contribution in [3.8, 4) is 5.75 Å². The Morgan fingerprint density at radius 3 is 2.65 bits per heavy atom. The molecule has 26 heavy (non-hydrogen) atoms. The maximum absolute atomic E-state index is 12.9. The van der Waals surface area contributed by atoms with Gasteiger partial charge in [0.15, 0.2) is 11.7 Å². The fourth-order valence-electron chi connectivity index (χ4n) is 2.16. The van der Waals surface area contributed by atoms with Crippen LogP contribution in [-0.4, -0.2) is 42.8 Å². The molecular formula is C18H26FIN4O2. The summed E-state index contributed by atoms with van der Waals surface area (Å²) in [5.41, 5.74) is 0.927. The minimum atomic E-state index is -0.273. The average molecular weight is 476 g/mol. The zero-order valence-electron chi connectivity index (χ0n) is 15.4. The lowest BCUT2D eigenvalue weighted by molar-refractivity contribution is 0.281. The van der Waals surface area contributed by atoms with Gasteiger partial charge in [0.2, 0.25) is 0 Å². The van der Waals surface area contributed by atoms with Crippen molar-refractivity contribution < 1.29 is 13.7 Å². The molecule has 144 valence electrons. The van der Waals surface area contributed by atoms with E-state index < -0.39 is 0 Å². The van der Waals surface area contributed by atoms with Crippen molar-refractivity contribution in [1.82, 2.24) is 15.4 Å². The number of aromatic nitrogens is 1. The predicted octanol–water partition coefficient (Wildman–Crippen LogP) is 3.47. The summed E-state index contributed by atoms with van der Waals surface area (Å²) in [4.78, 5) is 6.54. The fraction of sp³-hybridized carbons (Fsp3) is 0.444. The molecule has 0 saturated carbocycles. The molecule has 0 aliphatic rings. The maximum atomic E-state index is 12.9. The van der Waals surface area contributed by atoms with E-state index in [-0.39, 0.29) is 29.8 Å². The fourth-order valence-corrected chi connectivity index (χ4v) is 2.16. The highest BCUT2D eigenvalue weighted by atomic mass is 127. The zero-order valence-corrected chi connectivity index (χ0v) is 17.7. The van der Waals surface area contributed by atoms with Crippen LogP contribution in [-0.2, 0) is 13.0 Å². The molecule has 1 N–H and O–H groups in total. The molecule has 0 radical (unpaired) electrons. The van der Waals surface area contributed by atoms with Gasteiger partial charge in [0, 0.05) is 19.7 Å². The van der Waals surface area contributed by atoms with Gasteiger partial charge >= 0.3 is 0 Å². The predicted molar refractivity (Wildman–Crippen MR) is 111 cm³/mol. The average Bonchev–Trinajstić information content (AvgIpc) is 3.08. The summed E-state index contributed by atoms with van der Waals surface area (Å²) < 4.78 is 23.8. The summed E-state index contributed by atoms with van der Waals surface area (Å²) in [6, 6.07) is 7.91. The van der Waals surface area contributed by atoms with E-state index in [0.717, 1.165) is 30.4 Å². The summed E-state index contributed by atoms with van der Waals surface area (Å²) in [6.07, 6.45) is 0.841. The van der Waals surface area contributed by atoms with Crippen LogP contribution in [0.2, 0.25) is 0 Å². The van der Waals surface area contributed by atoms with E-state index in [2.05, 4.69) is 15.5 Å². The summed E-state index contributed by atoms with van der Waals surface area (Å²) in [6.45, 7) is 6.34. The van der Waals surface area contributed by atoms with E-state index in [1.807, 2.05) is 31.9 Å². The molecule has 8 heteroatoms. The maximum Gasteiger partial charge on any atom is 0.194 e. The molecular weight excluding hydrogens is 450 g/mol. The molecule has 2 aromatic rings. The van der Waals surface area contributed by atoms with Crippen LogP contribution in [0.5, 0.6) is 5.75 Å². The van der Waals surface area contributed by atoms with Gasteiger partial charge in [-0.25, -0.2) is 9.38 Å². The highest BCUT2D eigenvalue weighted by molar-refractivity contribution is 14.0. The van der Waals surface area contributed by atoms with Crippen molar-refractivity contribution >= 4 is 29.9 Å². The van der Waals surface area contributed by atoms with Crippen molar-refractivity contribution in [2.75, 3.05) is 26.7 Å². The van der Waals surface area contributed by atoms with Gasteiger partial charge in [-0.05, 0) is 37.6 Å². The lowest BCUT2D eigenvalue weighted by Crippen LogP contribution is -2.40. The van der Waals surface area contributed by atoms with Crippen LogP contribution in [0, 0.1) is 5.82 Å². The van der Waals surface area contributed by atoms with E-state index in [0.29, 0.717) is 25.4 Å². The first-order valence-corrected chi connectivity index (χ1v) is 8.44. The highest BCUT2D eigenvalue weighted by Gasteiger charge is 2.08. The lowest BCUT2D eigenvalue weighted by Gasteiger charge is -2.22. The van der Waals surface area contributed by atoms with Gasteiger partial charge < -0.3 is 19.5 Å². The van der Waals surface area contributed by atoms with Crippen LogP contribution in [0.25, 0.3) is 0 Å². The molecule has 0 spiro atoms. The molecule has 1 aromatic heterocycles. The Hall–Kier alpha value is -1.84. The smallest absolute Gasteiger partial charge is 0.194 e. The first kappa shape index (κ1) is 22.2. The van der Waals surface area contributed by atoms with E-state index in [1.165, 1.54) is 12.1 Å². The van der Waals surface area contributed by atoms with Crippen molar-refractivity contribution in [2.24, 2.45) is 4.99 Å². The number of rotatable bonds is 8. The summed E-state index contributed by atoms with van der Waals surface area (Å²) >= 11 is 0. The number of nitrogens with one attached hydrogen (secondary N) is 1. The summed E-state index contributed by atoms with van der Waals surface area (Å²) in [5, 5.41) is 7.21. The number of halogens is 2. The standard InChI is InChI=1S/C18H25FN4O2.HI/c1-4-15-12-17(25-22-15)13-21-18(20-5-2)23(3)10-11-24-16-8-6-14(19)7-9-16;/h6-9,12H,4-5,10-11,13H2,1-3H3,(H,20,21);1H. The van der Waals surface area contributed by atoms with Gasteiger partial charge in [0.1, 0.15) is 24.7 Å². The zero-order chi connectivity index (χ0) is 18.1. The second-order valence-corrected chi connectivity index (χ2v) is 5.53. The monoisotopic (exact) mass is 476 g/mol. The van der Waals surface area contributed by atoms with Crippen molar-refractivity contribution in [3.05, 3.63) is 47.6 Å². The Morgan fingerprint density at radius 1 is 1.31 bits per heavy atom. The summed E-state index contributed by atoms with van der Waals surface area (Å²) in [5.74, 6) is 1.87. The third-order valence-corrected chi connectivity index (χ3v) is 3.56. The molecule has 1 heterocycles. The topological polar surface area (TPSA) is 62.9 Å². The largest absolute Gasteiger partial charge is 0.492 e. The van der Waals surface area contributed by atoms with Gasteiger partial charge in [0.05, 0.1) is 12.2 Å². The first-order chi connectivity index (χ1) is 12.1. The van der Waals surface area contributed by atoms with Crippen molar-refractivity contribution in [1.29, 1.82) is 0 Å². The van der Waals surface area contributed by atoms with Crippen LogP contribution < -0.4 is 10.1 Å². The summed E-state index contributed by atoms with van der Waals surface area (Å²) in [7, 11) is 1.94. The molecule has 0 amide bonds. The number of guanidine groups is 1. The Bertz CT molecular complexity index is 676. The van der Waals surface area contributed by atoms with E-state index in [1.54, 1.807) is 12.1 Å². The van der Waals surface area contributed by atoms with Gasteiger partial charge in [-0.15, -0.1) is 24.0 Å². The number of hydrogen-bond donors (Lipinski definition) is 1. The Morgan fingerprint density at radius 2 is 2.04 bits per heavy atom. The van der Waals surface area contributed by atoms with Crippen molar-refractivity contribution in [2.45, 2.75) is 26.8 Å². The van der Waals surface area contributed by atoms with Crippen LogP contribution in [0.1, 0.15) is 25.3 Å². The first-order valence-electron chi connectivity index (χ1n) is 8.44. The van der Waals surface area contributed by atoms with Crippen LogP contribution in [0.4, 0.5) is 4.39 Å². The van der Waals surface area contributed by atoms with Gasteiger partial charge in [0.25, 0.3) is 0 Å². The number of benzene rings is 1. The minimum absolute atomic E-state index is 0. The molecule has 6 nitrogen and oxygen atoms in total. The number of ether oxygens (including phenoxy) is 1. The number of aliphatic imine (C=N–C) groups is 1. The van der Waals surface area contributed by atoms with Gasteiger partial charge in [-0.2, -0.15) is 0 Å². The number of nitrogens with zero attached hydrogens (tertiary/aromatic N) is 3. The molecule has 0 saturated heterocycles. The Kier molecular flexibility index (Phi) is 10.0. The van der Waals surface area contributed by atoms with Crippen LogP contribution >= 0.6 is 24.0 Å². The molecule has 1 aromatic carbocycles. The number of hydrogen-bond acceptors (Lipinski definition) is 4. The number of aryl methyl sites for hydroxylation is 1. The van der Waals surface area contributed by atoms with E-state index in [9.17, 15) is 4.39 Å². The van der Waals surface area contributed by atoms with E-state index in [4.69, 9.17) is 9.26 Å². The lowest BCUT2D eigenvalue weighted by atomic mass is 10.3. The molecule has 0 fully saturated rings. The number of likely N-dealkylation sites (N-methyl/N-ethyl adjacent to an activating group) is 1. The van der Waals surface area contributed by atoms with E-state index >= 15 is 0 Å². The normalized spacial score (nSPS) is 11.0. The third-order valence-electron chi connectivity index (χ3n) is 3.56. The third kappa shape index (κ3) is 7.19. The molecule has 0 aliphatic carbocycles. The van der Waals surface area contributed by atoms with Crippen LogP contribution in [0.15, 0.2) is 39.8 Å². The Balaban J connectivity index is 0.00000338.